The minimum Gasteiger partial charge on any atom is -0.463 e. The first kappa shape index (κ1) is 41.0. The standard InChI is InChI=1S/C32H64NO8P/c1-3-5-7-9-11-13-14-15-16-17-19-21-23-25-32(36)39-28-30(34)29-41-42(37,38)40-27-26-33-31(35)24-22-20-18-12-10-8-6-4-2/h30,34H,3-29H2,1-2H3,(H,33,35)(H,37,38). The van der Waals surface area contributed by atoms with Gasteiger partial charge in [-0.1, -0.05) is 136 Å². The molecule has 2 atom stereocenters. The lowest BCUT2D eigenvalue weighted by Gasteiger charge is -2.15. The molecule has 0 radical (unpaired) electrons. The highest BCUT2D eigenvalue weighted by Crippen LogP contribution is 2.42. The Morgan fingerprint density at radius 2 is 1.07 bits per heavy atom. The van der Waals surface area contributed by atoms with Gasteiger partial charge in [-0.15, -0.1) is 0 Å². The Balaban J connectivity index is 3.62. The third-order valence-electron chi connectivity index (χ3n) is 7.29. The average molecular weight is 622 g/mol. The largest absolute Gasteiger partial charge is 0.472 e. The Morgan fingerprint density at radius 1 is 0.643 bits per heavy atom. The molecule has 0 aliphatic rings. The molecule has 0 aliphatic carbocycles. The van der Waals surface area contributed by atoms with Crippen molar-refractivity contribution in [3.63, 3.8) is 0 Å². The van der Waals surface area contributed by atoms with Crippen molar-refractivity contribution in [2.75, 3.05) is 26.4 Å². The summed E-state index contributed by atoms with van der Waals surface area (Å²) in [5.74, 6) is -0.516. The van der Waals surface area contributed by atoms with Crippen molar-refractivity contribution in [3.05, 3.63) is 0 Å². The number of phosphoric acid groups is 1. The second-order valence-electron chi connectivity index (χ2n) is 11.5. The predicted molar refractivity (Wildman–Crippen MR) is 169 cm³/mol. The van der Waals surface area contributed by atoms with Gasteiger partial charge in [-0.25, -0.2) is 4.57 Å². The van der Waals surface area contributed by atoms with E-state index in [0.717, 1.165) is 38.5 Å². The Bertz CT molecular complexity index is 679. The van der Waals surface area contributed by atoms with Crippen molar-refractivity contribution in [1.82, 2.24) is 5.32 Å². The molecule has 0 rings (SSSR count). The van der Waals surface area contributed by atoms with Gasteiger partial charge in [-0.3, -0.25) is 18.6 Å². The van der Waals surface area contributed by atoms with Gasteiger partial charge in [-0.2, -0.15) is 0 Å². The van der Waals surface area contributed by atoms with E-state index >= 15 is 0 Å². The van der Waals surface area contributed by atoms with E-state index in [0.29, 0.717) is 6.42 Å². The van der Waals surface area contributed by atoms with Crippen molar-refractivity contribution >= 4 is 19.7 Å². The van der Waals surface area contributed by atoms with Gasteiger partial charge in [0.2, 0.25) is 5.91 Å². The van der Waals surface area contributed by atoms with Crippen LogP contribution in [-0.2, 0) is 27.9 Å². The number of hydrogen-bond acceptors (Lipinski definition) is 7. The van der Waals surface area contributed by atoms with Crippen LogP contribution in [0.3, 0.4) is 0 Å². The second kappa shape index (κ2) is 30.1. The Kier molecular flexibility index (Phi) is 29.3. The molecule has 0 aromatic heterocycles. The molecule has 0 aromatic rings. The van der Waals surface area contributed by atoms with Crippen molar-refractivity contribution in [2.45, 2.75) is 168 Å². The number of ether oxygens (including phenoxy) is 1. The number of aliphatic hydroxyl groups excluding tert-OH is 1. The van der Waals surface area contributed by atoms with Crippen LogP contribution in [0.4, 0.5) is 0 Å². The van der Waals surface area contributed by atoms with Crippen molar-refractivity contribution in [1.29, 1.82) is 0 Å². The summed E-state index contributed by atoms with van der Waals surface area (Å²) >= 11 is 0. The molecule has 2 unspecified atom stereocenters. The summed E-state index contributed by atoms with van der Waals surface area (Å²) in [7, 11) is -4.39. The van der Waals surface area contributed by atoms with Gasteiger partial charge in [0.15, 0.2) is 0 Å². The Morgan fingerprint density at radius 3 is 1.55 bits per heavy atom. The number of rotatable bonds is 32. The van der Waals surface area contributed by atoms with E-state index in [9.17, 15) is 24.2 Å². The number of nitrogens with one attached hydrogen (secondary N) is 1. The average Bonchev–Trinajstić information content (AvgIpc) is 2.97. The zero-order valence-corrected chi connectivity index (χ0v) is 27.9. The molecule has 9 nitrogen and oxygen atoms in total. The number of aliphatic hydroxyl groups is 1. The summed E-state index contributed by atoms with van der Waals surface area (Å²) in [6.07, 6.45) is 24.7. The maximum atomic E-state index is 12.0. The lowest BCUT2D eigenvalue weighted by atomic mass is 10.0. The summed E-state index contributed by atoms with van der Waals surface area (Å²) < 4.78 is 26.6. The molecule has 0 saturated carbocycles. The minimum atomic E-state index is -4.39. The van der Waals surface area contributed by atoms with Gasteiger partial charge in [0.1, 0.15) is 12.7 Å². The fraction of sp³-hybridized carbons (Fsp3) is 0.938. The molecule has 0 heterocycles. The van der Waals surface area contributed by atoms with Crippen LogP contribution < -0.4 is 5.32 Å². The molecule has 0 aromatic carbocycles. The number of carbonyl (C=O) groups excluding carboxylic acids is 2. The highest BCUT2D eigenvalue weighted by atomic mass is 31.2. The van der Waals surface area contributed by atoms with Crippen LogP contribution in [0.2, 0.25) is 0 Å². The number of phosphoric ester groups is 1. The molecule has 0 spiro atoms. The third kappa shape index (κ3) is 30.5. The Labute approximate surface area is 256 Å². The molecular weight excluding hydrogens is 557 g/mol. The topological polar surface area (TPSA) is 131 Å². The van der Waals surface area contributed by atoms with E-state index in [2.05, 4.69) is 19.2 Å². The van der Waals surface area contributed by atoms with E-state index < -0.39 is 26.5 Å². The van der Waals surface area contributed by atoms with E-state index in [1.807, 2.05) is 0 Å². The quantitative estimate of drug-likeness (QED) is 0.0390. The zero-order valence-electron chi connectivity index (χ0n) is 27.0. The van der Waals surface area contributed by atoms with Crippen molar-refractivity contribution in [3.8, 4) is 0 Å². The number of esters is 1. The Hall–Kier alpha value is -0.990. The first-order valence-corrected chi connectivity index (χ1v) is 18.5. The molecule has 1 amide bonds. The summed E-state index contributed by atoms with van der Waals surface area (Å²) in [5.41, 5.74) is 0. The molecule has 0 saturated heterocycles. The highest BCUT2D eigenvalue weighted by Gasteiger charge is 2.23. The van der Waals surface area contributed by atoms with Crippen molar-refractivity contribution < 1.29 is 37.9 Å². The van der Waals surface area contributed by atoms with Crippen molar-refractivity contribution in [2.24, 2.45) is 0 Å². The fourth-order valence-electron chi connectivity index (χ4n) is 4.67. The first-order valence-electron chi connectivity index (χ1n) is 17.0. The normalized spacial score (nSPS) is 13.5. The highest BCUT2D eigenvalue weighted by molar-refractivity contribution is 7.47. The molecule has 0 bridgehead atoms. The maximum absolute atomic E-state index is 12.0. The molecule has 0 fully saturated rings. The van der Waals surface area contributed by atoms with Gasteiger partial charge in [0.25, 0.3) is 0 Å². The summed E-state index contributed by atoms with van der Waals surface area (Å²) in [4.78, 5) is 33.5. The number of carbonyl (C=O) groups is 2. The molecular formula is C32H64NO8P. The van der Waals surface area contributed by atoms with Gasteiger partial charge >= 0.3 is 13.8 Å². The summed E-state index contributed by atoms with van der Waals surface area (Å²) in [6.45, 7) is 3.51. The molecule has 250 valence electrons. The SMILES string of the molecule is CCCCCCCCCCCCCCCC(=O)OCC(O)COP(=O)(O)OCCNC(=O)CCCCCCCCCC. The van der Waals surface area contributed by atoms with Crippen LogP contribution >= 0.6 is 7.82 Å². The third-order valence-corrected chi connectivity index (χ3v) is 8.27. The first-order chi connectivity index (χ1) is 20.3. The van der Waals surface area contributed by atoms with Gasteiger partial charge in [0.05, 0.1) is 13.2 Å². The van der Waals surface area contributed by atoms with Crippen LogP contribution in [0.15, 0.2) is 0 Å². The van der Waals surface area contributed by atoms with E-state index in [1.54, 1.807) is 0 Å². The zero-order chi connectivity index (χ0) is 31.2. The number of amides is 1. The van der Waals surface area contributed by atoms with Crippen LogP contribution in [0.1, 0.15) is 162 Å². The van der Waals surface area contributed by atoms with Crippen LogP contribution in [-0.4, -0.2) is 54.3 Å². The van der Waals surface area contributed by atoms with E-state index in [1.165, 1.54) is 96.3 Å². The van der Waals surface area contributed by atoms with Crippen LogP contribution in [0.25, 0.3) is 0 Å². The van der Waals surface area contributed by atoms with Crippen LogP contribution in [0.5, 0.6) is 0 Å². The monoisotopic (exact) mass is 621 g/mol. The fourth-order valence-corrected chi connectivity index (χ4v) is 5.43. The number of hydrogen-bond donors (Lipinski definition) is 3. The van der Waals surface area contributed by atoms with Crippen LogP contribution in [0, 0.1) is 0 Å². The molecule has 0 aliphatic heterocycles. The smallest absolute Gasteiger partial charge is 0.463 e. The molecule has 42 heavy (non-hydrogen) atoms. The number of unbranched alkanes of at least 4 members (excludes halogenated alkanes) is 19. The van der Waals surface area contributed by atoms with E-state index in [-0.39, 0.29) is 32.1 Å². The summed E-state index contributed by atoms with van der Waals surface area (Å²) in [6, 6.07) is 0. The molecule has 10 heteroatoms. The van der Waals surface area contributed by atoms with Gasteiger partial charge in [-0.05, 0) is 12.8 Å². The minimum absolute atomic E-state index is 0.0864. The van der Waals surface area contributed by atoms with Gasteiger partial charge < -0.3 is 20.1 Å². The van der Waals surface area contributed by atoms with Gasteiger partial charge in [0, 0.05) is 19.4 Å². The maximum Gasteiger partial charge on any atom is 0.472 e. The van der Waals surface area contributed by atoms with E-state index in [4.69, 9.17) is 13.8 Å². The lowest BCUT2D eigenvalue weighted by molar-refractivity contribution is -0.147. The summed E-state index contributed by atoms with van der Waals surface area (Å²) in [5, 5.41) is 12.6. The predicted octanol–water partition coefficient (Wildman–Crippen LogP) is 8.15. The molecule has 3 N–H and O–H groups in total. The second-order valence-corrected chi connectivity index (χ2v) is 13.0. The lowest BCUT2D eigenvalue weighted by Crippen LogP contribution is -2.27.